The van der Waals surface area contributed by atoms with E-state index in [2.05, 4.69) is 5.01 Å². The van der Waals surface area contributed by atoms with E-state index in [-0.39, 0.29) is 17.9 Å². The van der Waals surface area contributed by atoms with E-state index in [1.165, 1.54) is 38.2 Å². The summed E-state index contributed by atoms with van der Waals surface area (Å²) in [7, 11) is 0. The third kappa shape index (κ3) is 3.52. The molecule has 25 heavy (non-hydrogen) atoms. The lowest BCUT2D eigenvalue weighted by Gasteiger charge is -2.59. The number of carbonyl (C=O) groups is 1. The van der Waals surface area contributed by atoms with Gasteiger partial charge in [-0.15, -0.1) is 0 Å². The van der Waals surface area contributed by atoms with Crippen molar-refractivity contribution in [1.29, 1.82) is 0 Å². The van der Waals surface area contributed by atoms with E-state index in [9.17, 15) is 9.18 Å². The smallest absolute Gasteiger partial charge is 0.258 e. The largest absolute Gasteiger partial charge is 0.271 e. The summed E-state index contributed by atoms with van der Waals surface area (Å²) in [6.45, 7) is 6.32. The number of hydrazine groups is 1. The van der Waals surface area contributed by atoms with Crippen LogP contribution < -0.4 is 0 Å². The third-order valence-electron chi connectivity index (χ3n) is 6.14. The van der Waals surface area contributed by atoms with Gasteiger partial charge in [0.05, 0.1) is 0 Å². The highest BCUT2D eigenvalue weighted by Gasteiger charge is 2.55. The number of halogens is 2. The first-order chi connectivity index (χ1) is 11.8. The van der Waals surface area contributed by atoms with Crippen LogP contribution >= 0.6 is 11.6 Å². The third-order valence-corrected chi connectivity index (χ3v) is 6.51. The molecule has 0 aromatic heterocycles. The zero-order chi connectivity index (χ0) is 18.2. The van der Waals surface area contributed by atoms with E-state index in [0.717, 1.165) is 18.4 Å². The lowest BCUT2D eigenvalue weighted by Crippen LogP contribution is -2.77. The van der Waals surface area contributed by atoms with Crippen LogP contribution in [0.2, 0.25) is 0 Å². The fraction of sp³-hybridized carbons (Fsp3) is 0.750. The Hall–Kier alpha value is -0.870. The Labute approximate surface area is 155 Å². The van der Waals surface area contributed by atoms with Crippen LogP contribution in [0.25, 0.3) is 0 Å². The van der Waals surface area contributed by atoms with E-state index in [4.69, 9.17) is 11.6 Å². The Morgan fingerprint density at radius 3 is 2.44 bits per heavy atom. The van der Waals surface area contributed by atoms with Gasteiger partial charge in [0.25, 0.3) is 5.91 Å². The number of carbonyl (C=O) groups excluding carboxylic acids is 1. The molecule has 0 aromatic rings. The molecular weight excluding hydrogens is 339 g/mol. The molecule has 1 saturated heterocycles. The van der Waals surface area contributed by atoms with Crippen LogP contribution in [0.3, 0.4) is 0 Å². The normalized spacial score (nSPS) is 31.7. The maximum Gasteiger partial charge on any atom is 0.258 e. The van der Waals surface area contributed by atoms with Crippen LogP contribution in [0, 0.1) is 5.92 Å². The lowest BCUT2D eigenvalue weighted by molar-refractivity contribution is -0.224. The minimum Gasteiger partial charge on any atom is -0.271 e. The molecule has 3 nitrogen and oxygen atoms in total. The molecule has 0 spiro atoms. The van der Waals surface area contributed by atoms with Gasteiger partial charge in [-0.3, -0.25) is 9.80 Å². The molecule has 3 rings (SSSR count). The van der Waals surface area contributed by atoms with Gasteiger partial charge in [0.2, 0.25) is 0 Å². The molecule has 2 atom stereocenters. The summed E-state index contributed by atoms with van der Waals surface area (Å²) in [5, 5.41) is 4.71. The average molecular weight is 369 g/mol. The van der Waals surface area contributed by atoms with E-state index in [1.807, 2.05) is 25.8 Å². The minimum absolute atomic E-state index is 0.186. The Morgan fingerprint density at radius 1 is 1.20 bits per heavy atom. The second-order valence-corrected chi connectivity index (χ2v) is 8.64. The summed E-state index contributed by atoms with van der Waals surface area (Å²) in [5.74, 6) is -0.0613. The van der Waals surface area contributed by atoms with Gasteiger partial charge >= 0.3 is 0 Å². The van der Waals surface area contributed by atoms with E-state index >= 15 is 0 Å². The van der Waals surface area contributed by atoms with Gasteiger partial charge in [-0.25, -0.2) is 4.39 Å². The van der Waals surface area contributed by atoms with Crippen molar-refractivity contribution < 1.29 is 9.18 Å². The summed E-state index contributed by atoms with van der Waals surface area (Å²) in [6, 6.07) is 0.274. The maximum atomic E-state index is 14.1. The van der Waals surface area contributed by atoms with Gasteiger partial charge in [-0.1, -0.05) is 50.6 Å². The number of nitrogens with zero attached hydrogens (tertiary/aromatic N) is 2. The lowest BCUT2D eigenvalue weighted by atomic mass is 9.87. The van der Waals surface area contributed by atoms with Crippen LogP contribution in [0.5, 0.6) is 0 Å². The van der Waals surface area contributed by atoms with Crippen LogP contribution in [-0.2, 0) is 4.79 Å². The quantitative estimate of drug-likeness (QED) is 0.701. The summed E-state index contributed by atoms with van der Waals surface area (Å²) in [5.41, 5.74) is 0.354. The number of rotatable bonds is 3. The molecule has 5 heteroatoms. The van der Waals surface area contributed by atoms with Crippen molar-refractivity contribution in [2.75, 3.05) is 6.54 Å². The molecule has 0 aromatic carbocycles. The number of allylic oxidation sites excluding steroid dienone is 3. The van der Waals surface area contributed by atoms with Crippen LogP contribution in [-0.4, -0.2) is 40.2 Å². The highest BCUT2D eigenvalue weighted by molar-refractivity contribution is 6.31. The molecule has 0 radical (unpaired) electrons. The molecule has 1 saturated carbocycles. The van der Waals surface area contributed by atoms with Crippen molar-refractivity contribution in [3.63, 3.8) is 0 Å². The van der Waals surface area contributed by atoms with Gasteiger partial charge in [-0.2, -0.15) is 5.01 Å². The van der Waals surface area contributed by atoms with Crippen LogP contribution in [0.4, 0.5) is 4.39 Å². The molecule has 2 unspecified atom stereocenters. The molecule has 0 N–H and O–H groups in total. The Kier molecular flexibility index (Phi) is 5.60. The molecule has 140 valence electrons. The highest BCUT2D eigenvalue weighted by Crippen LogP contribution is 2.40. The molecule has 3 aliphatic rings. The molecule has 1 amide bonds. The van der Waals surface area contributed by atoms with Gasteiger partial charge in [0, 0.05) is 23.5 Å². The van der Waals surface area contributed by atoms with E-state index < -0.39 is 11.7 Å². The molecular formula is C20H30ClFN2O. The summed E-state index contributed by atoms with van der Waals surface area (Å²) in [6.07, 6.45) is 10.5. The van der Waals surface area contributed by atoms with Crippen molar-refractivity contribution >= 4 is 17.5 Å². The van der Waals surface area contributed by atoms with Crippen LogP contribution in [0.1, 0.15) is 65.7 Å². The second-order valence-electron chi connectivity index (χ2n) is 8.23. The number of amides is 1. The van der Waals surface area contributed by atoms with Crippen molar-refractivity contribution in [1.82, 2.24) is 10.0 Å². The first-order valence-electron chi connectivity index (χ1n) is 9.66. The fourth-order valence-electron chi connectivity index (χ4n) is 4.28. The topological polar surface area (TPSA) is 23.6 Å². The van der Waals surface area contributed by atoms with Gasteiger partial charge in [0.15, 0.2) is 0 Å². The molecule has 0 bridgehead atoms. The maximum absolute atomic E-state index is 14.1. The van der Waals surface area contributed by atoms with Crippen LogP contribution in [0.15, 0.2) is 22.8 Å². The molecule has 1 aliphatic heterocycles. The Balaban J connectivity index is 1.79. The summed E-state index contributed by atoms with van der Waals surface area (Å²) < 4.78 is 14.1. The monoisotopic (exact) mass is 368 g/mol. The number of hydrogen-bond donors (Lipinski definition) is 0. The van der Waals surface area contributed by atoms with E-state index in [0.29, 0.717) is 11.6 Å². The fourth-order valence-corrected chi connectivity index (χ4v) is 4.59. The second kappa shape index (κ2) is 7.40. The first-order valence-corrected chi connectivity index (χ1v) is 10.0. The number of alkyl halides is 1. The summed E-state index contributed by atoms with van der Waals surface area (Å²) >= 11 is 6.37. The average Bonchev–Trinajstić information content (AvgIpc) is 2.54. The molecule has 2 fully saturated rings. The van der Waals surface area contributed by atoms with Crippen molar-refractivity contribution in [3.05, 3.63) is 22.8 Å². The SMILES string of the molecule is CC1C(CN2N(C3CCCCCCC3)C(=O)C2(C)C)=C(Cl)C=CC1F. The van der Waals surface area contributed by atoms with Crippen molar-refractivity contribution in [3.8, 4) is 0 Å². The van der Waals surface area contributed by atoms with Crippen molar-refractivity contribution in [2.24, 2.45) is 5.92 Å². The van der Waals surface area contributed by atoms with Gasteiger partial charge in [0.1, 0.15) is 11.7 Å². The molecule has 2 aliphatic carbocycles. The zero-order valence-corrected chi connectivity index (χ0v) is 16.4. The molecule has 1 heterocycles. The van der Waals surface area contributed by atoms with Crippen molar-refractivity contribution in [2.45, 2.75) is 83.5 Å². The Bertz CT molecular complexity index is 578. The highest BCUT2D eigenvalue weighted by atomic mass is 35.5. The predicted molar refractivity (Wildman–Crippen MR) is 99.8 cm³/mol. The summed E-state index contributed by atoms with van der Waals surface area (Å²) in [4.78, 5) is 12.8. The predicted octanol–water partition coefficient (Wildman–Crippen LogP) is 4.97. The first kappa shape index (κ1) is 18.9. The Morgan fingerprint density at radius 2 is 1.80 bits per heavy atom. The van der Waals surface area contributed by atoms with Gasteiger partial charge in [-0.05, 0) is 44.4 Å². The van der Waals surface area contributed by atoms with E-state index in [1.54, 1.807) is 6.08 Å². The van der Waals surface area contributed by atoms with Gasteiger partial charge < -0.3 is 0 Å². The number of hydrogen-bond acceptors (Lipinski definition) is 2. The zero-order valence-electron chi connectivity index (χ0n) is 15.6. The standard InChI is InChI=1S/C20H30ClFN2O/c1-14-16(17(21)11-12-18(14)22)13-23-20(2,3)19(25)24(23)15-9-7-5-4-6-8-10-15/h11-12,14-15,18H,4-10,13H2,1-3H3. The minimum atomic E-state index is -1.01.